The van der Waals surface area contributed by atoms with E-state index in [1.165, 1.54) is 30.7 Å². The summed E-state index contributed by atoms with van der Waals surface area (Å²) in [5.74, 6) is 0.188. The summed E-state index contributed by atoms with van der Waals surface area (Å²) in [6.07, 6.45) is 6.51. The van der Waals surface area contributed by atoms with Gasteiger partial charge in [-0.3, -0.25) is 4.79 Å². The Morgan fingerprint density at radius 2 is 2.05 bits per heavy atom. The van der Waals surface area contributed by atoms with Crippen molar-refractivity contribution in [1.29, 1.82) is 0 Å². The summed E-state index contributed by atoms with van der Waals surface area (Å²) in [4.78, 5) is 22.1. The molecule has 0 bridgehead atoms. The summed E-state index contributed by atoms with van der Waals surface area (Å²) in [6.45, 7) is 4.03. The first-order chi connectivity index (χ1) is 9.16. The number of nitrogens with zero attached hydrogens (tertiary/aromatic N) is 3. The van der Waals surface area contributed by atoms with Crippen LogP contribution in [0.5, 0.6) is 0 Å². The molecule has 2 saturated heterocycles. The third kappa shape index (κ3) is 2.41. The van der Waals surface area contributed by atoms with Gasteiger partial charge in [0.1, 0.15) is 4.88 Å². The van der Waals surface area contributed by atoms with Gasteiger partial charge in [-0.2, -0.15) is 0 Å². The van der Waals surface area contributed by atoms with Crippen LogP contribution in [0.25, 0.3) is 0 Å². The number of rotatable bonds is 2. The van der Waals surface area contributed by atoms with E-state index in [4.69, 9.17) is 0 Å². The molecule has 0 N–H and O–H groups in total. The number of likely N-dealkylation sites (N-methyl/N-ethyl adjacent to an activating group) is 1. The molecule has 3 heterocycles. The van der Waals surface area contributed by atoms with Crippen molar-refractivity contribution >= 4 is 17.2 Å². The molecule has 0 spiro atoms. The van der Waals surface area contributed by atoms with Crippen LogP contribution in [0.1, 0.15) is 40.4 Å². The Morgan fingerprint density at radius 1 is 1.32 bits per heavy atom. The topological polar surface area (TPSA) is 36.4 Å². The first kappa shape index (κ1) is 13.1. The van der Waals surface area contributed by atoms with Crippen molar-refractivity contribution in [3.05, 3.63) is 16.1 Å². The lowest BCUT2D eigenvalue weighted by atomic mass is 10.0. The maximum atomic E-state index is 12.6. The molecular weight excluding hydrogens is 258 g/mol. The number of amides is 1. The first-order valence-corrected chi connectivity index (χ1v) is 7.92. The zero-order valence-corrected chi connectivity index (χ0v) is 12.4. The monoisotopic (exact) mass is 279 g/mol. The van der Waals surface area contributed by atoms with E-state index in [2.05, 4.69) is 21.8 Å². The van der Waals surface area contributed by atoms with E-state index >= 15 is 0 Å². The smallest absolute Gasteiger partial charge is 0.265 e. The Morgan fingerprint density at radius 3 is 2.68 bits per heavy atom. The summed E-state index contributed by atoms with van der Waals surface area (Å²) < 4.78 is 0. The van der Waals surface area contributed by atoms with Gasteiger partial charge >= 0.3 is 0 Å². The molecule has 3 rings (SSSR count). The van der Waals surface area contributed by atoms with Crippen LogP contribution in [0.2, 0.25) is 0 Å². The third-order valence-electron chi connectivity index (χ3n) is 4.41. The fourth-order valence-electron chi connectivity index (χ4n) is 3.47. The number of aromatic nitrogens is 1. The third-order valence-corrected chi connectivity index (χ3v) is 5.31. The lowest BCUT2D eigenvalue weighted by molar-refractivity contribution is 0.0669. The van der Waals surface area contributed by atoms with Crippen molar-refractivity contribution in [2.24, 2.45) is 0 Å². The molecule has 19 heavy (non-hydrogen) atoms. The van der Waals surface area contributed by atoms with Gasteiger partial charge in [-0.15, -0.1) is 11.3 Å². The standard InChI is InChI=1S/C14H21N3OS/c1-10-15-9-13(19-10)14(18)17-8-4-6-12(17)11-5-3-7-16(11)2/h9,11-12H,3-8H2,1-2H3/t11-,12-/m1/s1. The average molecular weight is 279 g/mol. The van der Waals surface area contributed by atoms with Gasteiger partial charge in [-0.05, 0) is 46.2 Å². The number of carbonyl (C=O) groups excluding carboxylic acids is 1. The Kier molecular flexibility index (Phi) is 3.58. The predicted octanol–water partition coefficient (Wildman–Crippen LogP) is 2.15. The molecule has 5 heteroatoms. The van der Waals surface area contributed by atoms with Crippen molar-refractivity contribution in [1.82, 2.24) is 14.8 Å². The van der Waals surface area contributed by atoms with E-state index in [0.29, 0.717) is 12.1 Å². The van der Waals surface area contributed by atoms with Gasteiger partial charge in [0, 0.05) is 18.6 Å². The second kappa shape index (κ2) is 5.21. The van der Waals surface area contributed by atoms with Gasteiger partial charge in [-0.1, -0.05) is 0 Å². The molecule has 104 valence electrons. The van der Waals surface area contributed by atoms with Gasteiger partial charge in [0.15, 0.2) is 0 Å². The van der Waals surface area contributed by atoms with E-state index in [1.807, 2.05) is 6.92 Å². The molecule has 2 atom stereocenters. The van der Waals surface area contributed by atoms with Gasteiger partial charge in [0.2, 0.25) is 0 Å². The van der Waals surface area contributed by atoms with Crippen LogP contribution in [0, 0.1) is 6.92 Å². The summed E-state index contributed by atoms with van der Waals surface area (Å²) in [5.41, 5.74) is 0. The fourth-order valence-corrected chi connectivity index (χ4v) is 4.20. The van der Waals surface area contributed by atoms with Crippen LogP contribution < -0.4 is 0 Å². The minimum Gasteiger partial charge on any atom is -0.333 e. The molecule has 2 aliphatic heterocycles. The SMILES string of the molecule is Cc1ncc(C(=O)N2CCC[C@@H]2[C@H]2CCCN2C)s1. The second-order valence-electron chi connectivity index (χ2n) is 5.64. The number of thiazole rings is 1. The maximum absolute atomic E-state index is 12.6. The van der Waals surface area contributed by atoms with Crippen molar-refractivity contribution in [2.45, 2.75) is 44.7 Å². The quantitative estimate of drug-likeness (QED) is 0.832. The van der Waals surface area contributed by atoms with Gasteiger partial charge < -0.3 is 9.80 Å². The zero-order valence-electron chi connectivity index (χ0n) is 11.6. The van der Waals surface area contributed by atoms with Gasteiger partial charge in [0.25, 0.3) is 5.91 Å². The molecule has 1 amide bonds. The second-order valence-corrected chi connectivity index (χ2v) is 6.88. The normalized spacial score (nSPS) is 28.2. The summed E-state index contributed by atoms with van der Waals surface area (Å²) >= 11 is 1.51. The van der Waals surface area contributed by atoms with Crippen LogP contribution in [0.3, 0.4) is 0 Å². The first-order valence-electron chi connectivity index (χ1n) is 7.10. The largest absolute Gasteiger partial charge is 0.333 e. The molecule has 2 aliphatic rings. The van der Waals surface area contributed by atoms with E-state index in [-0.39, 0.29) is 5.91 Å². The van der Waals surface area contributed by atoms with Crippen molar-refractivity contribution < 1.29 is 4.79 Å². The van der Waals surface area contributed by atoms with Crippen LogP contribution in [0.4, 0.5) is 0 Å². The molecule has 0 radical (unpaired) electrons. The van der Waals surface area contributed by atoms with Crippen molar-refractivity contribution in [2.75, 3.05) is 20.1 Å². The summed E-state index contributed by atoms with van der Waals surface area (Å²) in [6, 6.07) is 0.961. The molecule has 2 fully saturated rings. The molecule has 1 aromatic rings. The minimum absolute atomic E-state index is 0.188. The van der Waals surface area contributed by atoms with E-state index < -0.39 is 0 Å². The molecular formula is C14H21N3OS. The highest BCUT2D eigenvalue weighted by molar-refractivity contribution is 7.13. The maximum Gasteiger partial charge on any atom is 0.265 e. The van der Waals surface area contributed by atoms with E-state index in [1.54, 1.807) is 6.20 Å². The number of carbonyl (C=O) groups is 1. The number of aryl methyl sites for hydroxylation is 1. The van der Waals surface area contributed by atoms with Crippen LogP contribution in [0.15, 0.2) is 6.20 Å². The van der Waals surface area contributed by atoms with Crippen LogP contribution in [-0.4, -0.2) is 52.9 Å². The van der Waals surface area contributed by atoms with Crippen LogP contribution in [-0.2, 0) is 0 Å². The Bertz CT molecular complexity index is 473. The highest BCUT2D eigenvalue weighted by Gasteiger charge is 2.38. The molecule has 0 unspecified atom stereocenters. The number of hydrogen-bond acceptors (Lipinski definition) is 4. The van der Waals surface area contributed by atoms with E-state index in [9.17, 15) is 4.79 Å². The van der Waals surface area contributed by atoms with E-state index in [0.717, 1.165) is 29.3 Å². The fraction of sp³-hybridized carbons (Fsp3) is 0.714. The average Bonchev–Trinajstić information content (AvgIpc) is 3.07. The Labute approximate surface area is 118 Å². The van der Waals surface area contributed by atoms with Crippen molar-refractivity contribution in [3.8, 4) is 0 Å². The lowest BCUT2D eigenvalue weighted by Crippen LogP contribution is -2.46. The summed E-state index contributed by atoms with van der Waals surface area (Å²) in [5, 5.41) is 0.970. The van der Waals surface area contributed by atoms with Gasteiger partial charge in [-0.25, -0.2) is 4.98 Å². The predicted molar refractivity (Wildman–Crippen MR) is 76.6 cm³/mol. The number of hydrogen-bond donors (Lipinski definition) is 0. The van der Waals surface area contributed by atoms with Crippen LogP contribution >= 0.6 is 11.3 Å². The van der Waals surface area contributed by atoms with Gasteiger partial charge in [0.05, 0.1) is 11.2 Å². The molecule has 1 aromatic heterocycles. The highest BCUT2D eigenvalue weighted by Crippen LogP contribution is 2.30. The minimum atomic E-state index is 0.188. The lowest BCUT2D eigenvalue weighted by Gasteiger charge is -2.33. The zero-order chi connectivity index (χ0) is 13.4. The highest BCUT2D eigenvalue weighted by atomic mass is 32.1. The molecule has 0 aliphatic carbocycles. The Hall–Kier alpha value is -0.940. The molecule has 0 aromatic carbocycles. The van der Waals surface area contributed by atoms with Crippen molar-refractivity contribution in [3.63, 3.8) is 0 Å². The number of likely N-dealkylation sites (tertiary alicyclic amines) is 2. The Balaban J connectivity index is 1.77. The molecule has 4 nitrogen and oxygen atoms in total. The molecule has 0 saturated carbocycles. The summed E-state index contributed by atoms with van der Waals surface area (Å²) in [7, 11) is 2.19.